The second kappa shape index (κ2) is 3.54. The van der Waals surface area contributed by atoms with Gasteiger partial charge in [-0.25, -0.2) is 5.84 Å². The average Bonchev–Trinajstić information content (AvgIpc) is 2.36. The zero-order valence-corrected chi connectivity index (χ0v) is 7.14. The molecular formula is C6H11N3OS. The molecule has 0 aliphatic heterocycles. The third-order valence-electron chi connectivity index (χ3n) is 1.23. The van der Waals surface area contributed by atoms with Crippen molar-refractivity contribution in [3.63, 3.8) is 0 Å². The van der Waals surface area contributed by atoms with Crippen molar-refractivity contribution >= 4 is 16.5 Å². The van der Waals surface area contributed by atoms with Crippen molar-refractivity contribution in [1.82, 2.24) is 4.37 Å². The van der Waals surface area contributed by atoms with E-state index in [2.05, 4.69) is 4.37 Å². The molecule has 0 saturated carbocycles. The van der Waals surface area contributed by atoms with Crippen molar-refractivity contribution in [2.24, 2.45) is 5.84 Å². The molecule has 0 spiro atoms. The Morgan fingerprint density at radius 1 is 1.82 bits per heavy atom. The third-order valence-corrected chi connectivity index (χ3v) is 2.05. The van der Waals surface area contributed by atoms with E-state index in [1.54, 1.807) is 11.1 Å². The number of nitrogens with zero attached hydrogens (tertiary/aromatic N) is 2. The zero-order valence-electron chi connectivity index (χ0n) is 6.32. The van der Waals surface area contributed by atoms with Gasteiger partial charge in [-0.05, 0) is 18.0 Å². The summed E-state index contributed by atoms with van der Waals surface area (Å²) >= 11 is 1.20. The van der Waals surface area contributed by atoms with Crippen LogP contribution in [-0.2, 0) is 0 Å². The van der Waals surface area contributed by atoms with Gasteiger partial charge in [0.1, 0.15) is 5.00 Å². The minimum Gasteiger partial charge on any atom is -0.493 e. The molecule has 3 N–H and O–H groups in total. The molecule has 0 aromatic carbocycles. The first-order valence-corrected chi connectivity index (χ1v) is 4.19. The Morgan fingerprint density at radius 2 is 2.55 bits per heavy atom. The summed E-state index contributed by atoms with van der Waals surface area (Å²) in [7, 11) is 0. The number of hydrogen-bond donors (Lipinski definition) is 2. The Kier molecular flexibility index (Phi) is 2.67. The smallest absolute Gasteiger partial charge is 0.224 e. The largest absolute Gasteiger partial charge is 0.493 e. The highest BCUT2D eigenvalue weighted by atomic mass is 32.1. The summed E-state index contributed by atoms with van der Waals surface area (Å²) < 4.78 is 3.70. The van der Waals surface area contributed by atoms with Crippen molar-refractivity contribution in [2.75, 3.05) is 11.6 Å². The molecule has 1 rings (SSSR count). The lowest BCUT2D eigenvalue weighted by Gasteiger charge is -2.13. The average molecular weight is 173 g/mol. The second-order valence-corrected chi connectivity index (χ2v) is 3.00. The third kappa shape index (κ3) is 2.06. The van der Waals surface area contributed by atoms with E-state index in [0.717, 1.165) is 18.0 Å². The minimum atomic E-state index is 0.0385. The summed E-state index contributed by atoms with van der Waals surface area (Å²) in [5.41, 5.74) is 0. The normalized spacial score (nSPS) is 10.0. The predicted molar refractivity (Wildman–Crippen MR) is 45.6 cm³/mol. The van der Waals surface area contributed by atoms with E-state index in [1.807, 2.05) is 6.92 Å². The molecule has 62 valence electrons. The monoisotopic (exact) mass is 173 g/mol. The van der Waals surface area contributed by atoms with E-state index < -0.39 is 0 Å². The molecule has 0 aliphatic carbocycles. The summed E-state index contributed by atoms with van der Waals surface area (Å²) in [6, 6.07) is 1.56. The van der Waals surface area contributed by atoms with Gasteiger partial charge in [0.05, 0.1) is 0 Å². The van der Waals surface area contributed by atoms with Gasteiger partial charge in [0.25, 0.3) is 0 Å². The van der Waals surface area contributed by atoms with Crippen LogP contribution in [0.5, 0.6) is 5.88 Å². The molecule has 1 aromatic rings. The van der Waals surface area contributed by atoms with E-state index >= 15 is 0 Å². The highest BCUT2D eigenvalue weighted by molar-refractivity contribution is 7.10. The number of aromatic nitrogens is 1. The maximum Gasteiger partial charge on any atom is 0.224 e. The molecule has 5 heteroatoms. The Morgan fingerprint density at radius 3 is 3.00 bits per heavy atom. The summed E-state index contributed by atoms with van der Waals surface area (Å²) in [6.45, 7) is 2.82. The van der Waals surface area contributed by atoms with E-state index in [-0.39, 0.29) is 5.88 Å². The molecule has 0 fully saturated rings. The lowest BCUT2D eigenvalue weighted by atomic mass is 10.5. The number of aromatic hydroxyl groups is 1. The molecule has 0 radical (unpaired) electrons. The van der Waals surface area contributed by atoms with Crippen LogP contribution in [0.2, 0.25) is 0 Å². The van der Waals surface area contributed by atoms with Gasteiger partial charge in [0, 0.05) is 12.6 Å². The van der Waals surface area contributed by atoms with E-state index in [4.69, 9.17) is 10.9 Å². The van der Waals surface area contributed by atoms with Gasteiger partial charge in [-0.2, -0.15) is 4.37 Å². The Labute approximate surface area is 69.4 Å². The van der Waals surface area contributed by atoms with Crippen LogP contribution in [0.15, 0.2) is 6.07 Å². The molecule has 0 saturated heterocycles. The summed E-state index contributed by atoms with van der Waals surface area (Å²) in [6.07, 6.45) is 0.981. The van der Waals surface area contributed by atoms with Crippen LogP contribution in [0.3, 0.4) is 0 Å². The van der Waals surface area contributed by atoms with Crippen LogP contribution in [0.25, 0.3) is 0 Å². The van der Waals surface area contributed by atoms with E-state index in [0.29, 0.717) is 0 Å². The highest BCUT2D eigenvalue weighted by Crippen LogP contribution is 2.22. The topological polar surface area (TPSA) is 62.4 Å². The molecule has 1 aromatic heterocycles. The molecule has 11 heavy (non-hydrogen) atoms. The van der Waals surface area contributed by atoms with Crippen molar-refractivity contribution in [2.45, 2.75) is 13.3 Å². The van der Waals surface area contributed by atoms with Crippen LogP contribution in [-0.4, -0.2) is 16.0 Å². The quantitative estimate of drug-likeness (QED) is 0.527. The van der Waals surface area contributed by atoms with Gasteiger partial charge in [0.2, 0.25) is 5.88 Å². The molecule has 0 aliphatic rings. The Bertz CT molecular complexity index is 225. The fourth-order valence-corrected chi connectivity index (χ4v) is 1.34. The van der Waals surface area contributed by atoms with Gasteiger partial charge in [-0.15, -0.1) is 0 Å². The standard InChI is InChI=1S/C6H11N3OS/c1-2-3-9(7)6-4-5(10)8-11-6/h4H,2-3,7H2,1H3,(H,8,10). The Balaban J connectivity index is 2.60. The molecule has 0 bridgehead atoms. The van der Waals surface area contributed by atoms with Gasteiger partial charge < -0.3 is 10.1 Å². The van der Waals surface area contributed by atoms with Crippen LogP contribution >= 0.6 is 11.5 Å². The fraction of sp³-hybridized carbons (Fsp3) is 0.500. The number of nitrogens with two attached hydrogens (primary N) is 1. The molecule has 4 nitrogen and oxygen atoms in total. The van der Waals surface area contributed by atoms with Crippen LogP contribution in [0, 0.1) is 0 Å². The lowest BCUT2D eigenvalue weighted by molar-refractivity contribution is 0.460. The first kappa shape index (κ1) is 8.29. The van der Waals surface area contributed by atoms with Gasteiger partial charge >= 0.3 is 0 Å². The van der Waals surface area contributed by atoms with Crippen LogP contribution < -0.4 is 10.9 Å². The maximum atomic E-state index is 8.89. The second-order valence-electron chi connectivity index (χ2n) is 2.22. The summed E-state index contributed by atoms with van der Waals surface area (Å²) in [5, 5.41) is 11.3. The minimum absolute atomic E-state index is 0.0385. The van der Waals surface area contributed by atoms with E-state index in [9.17, 15) is 0 Å². The predicted octanol–water partition coefficient (Wildman–Crippen LogP) is 0.939. The number of hydrogen-bond acceptors (Lipinski definition) is 5. The number of rotatable bonds is 3. The van der Waals surface area contributed by atoms with Crippen molar-refractivity contribution in [3.8, 4) is 5.88 Å². The molecule has 0 atom stereocenters. The molecule has 1 heterocycles. The number of hydrazine groups is 1. The Hall–Kier alpha value is -0.810. The fourth-order valence-electron chi connectivity index (χ4n) is 0.743. The van der Waals surface area contributed by atoms with Gasteiger partial charge in [-0.3, -0.25) is 0 Å². The van der Waals surface area contributed by atoms with Crippen molar-refractivity contribution in [1.29, 1.82) is 0 Å². The molecule has 0 unspecified atom stereocenters. The maximum absolute atomic E-state index is 8.89. The summed E-state index contributed by atoms with van der Waals surface area (Å²) in [4.78, 5) is 0. The van der Waals surface area contributed by atoms with E-state index in [1.165, 1.54) is 11.5 Å². The van der Waals surface area contributed by atoms with Crippen molar-refractivity contribution in [3.05, 3.63) is 6.07 Å². The van der Waals surface area contributed by atoms with Gasteiger partial charge in [0.15, 0.2) is 0 Å². The zero-order chi connectivity index (χ0) is 8.27. The summed E-state index contributed by atoms with van der Waals surface area (Å²) in [5.74, 6) is 5.65. The lowest BCUT2D eigenvalue weighted by Crippen LogP contribution is -2.30. The first-order chi connectivity index (χ1) is 5.24. The first-order valence-electron chi connectivity index (χ1n) is 3.42. The SMILES string of the molecule is CCCN(N)c1cc(O)ns1. The van der Waals surface area contributed by atoms with Gasteiger partial charge in [-0.1, -0.05) is 6.92 Å². The number of anilines is 1. The molecular weight excluding hydrogens is 162 g/mol. The van der Waals surface area contributed by atoms with Crippen LogP contribution in [0.4, 0.5) is 5.00 Å². The van der Waals surface area contributed by atoms with Crippen LogP contribution in [0.1, 0.15) is 13.3 Å². The molecule has 0 amide bonds. The highest BCUT2D eigenvalue weighted by Gasteiger charge is 2.04. The van der Waals surface area contributed by atoms with Crippen molar-refractivity contribution < 1.29 is 5.11 Å².